The maximum absolute atomic E-state index is 15.2. The molecule has 0 atom stereocenters. The van der Waals surface area contributed by atoms with Gasteiger partial charge >= 0.3 is 6.61 Å². The van der Waals surface area contributed by atoms with Crippen LogP contribution in [0.15, 0.2) is 48.5 Å². The maximum atomic E-state index is 15.2. The fraction of sp³-hybridized carbons (Fsp3) is 0.448. The van der Waals surface area contributed by atoms with Crippen LogP contribution in [-0.4, -0.2) is 20.3 Å². The van der Waals surface area contributed by atoms with Crippen molar-refractivity contribution in [1.82, 2.24) is 0 Å². The third-order valence-corrected chi connectivity index (χ3v) is 7.20. The largest absolute Gasteiger partial charge is 0.432 e. The first-order valence-corrected chi connectivity index (χ1v) is 12.3. The molecule has 0 unspecified atom stereocenters. The van der Waals surface area contributed by atoms with Gasteiger partial charge in [0.05, 0.1) is 0 Å². The van der Waals surface area contributed by atoms with Crippen molar-refractivity contribution in [1.29, 1.82) is 0 Å². The number of alkyl halides is 2. The van der Waals surface area contributed by atoms with Crippen molar-refractivity contribution in [3.05, 3.63) is 76.9 Å². The lowest BCUT2D eigenvalue weighted by Crippen LogP contribution is -2.18. The molecule has 3 aromatic rings. The third-order valence-electron chi connectivity index (χ3n) is 7.20. The standard InChI is InChI=1S/C29H32F4O2/c1-34-18-22-6-3-19(4-7-22)2-5-20-9-14-25-24(16-20)13-12-23(28(25)31)11-8-21-10-15-27(26(30)17-21)35-29(32)33/h9-10,12-17,19,22,29H,2-8,11,18H2,1H3. The number of halogens is 4. The van der Waals surface area contributed by atoms with Crippen LogP contribution in [-0.2, 0) is 24.0 Å². The third kappa shape index (κ3) is 6.75. The number of hydrogen-bond donors (Lipinski definition) is 0. The van der Waals surface area contributed by atoms with Crippen LogP contribution in [0.4, 0.5) is 17.6 Å². The number of hydrogen-bond acceptors (Lipinski definition) is 2. The van der Waals surface area contributed by atoms with E-state index in [0.29, 0.717) is 35.3 Å². The second kappa shape index (κ2) is 11.9. The Morgan fingerprint density at radius 1 is 0.829 bits per heavy atom. The van der Waals surface area contributed by atoms with E-state index in [-0.39, 0.29) is 5.82 Å². The van der Waals surface area contributed by atoms with Gasteiger partial charge in [0.1, 0.15) is 5.82 Å². The van der Waals surface area contributed by atoms with E-state index >= 15 is 4.39 Å². The number of aryl methyl sites for hydroxylation is 3. The first kappa shape index (κ1) is 25.5. The van der Waals surface area contributed by atoms with Crippen molar-refractivity contribution >= 4 is 10.8 Å². The molecule has 0 bridgehead atoms. The topological polar surface area (TPSA) is 18.5 Å². The molecule has 0 heterocycles. The molecule has 0 saturated heterocycles. The highest BCUT2D eigenvalue weighted by atomic mass is 19.3. The van der Waals surface area contributed by atoms with Crippen molar-refractivity contribution in [3.63, 3.8) is 0 Å². The molecule has 1 saturated carbocycles. The van der Waals surface area contributed by atoms with Crippen molar-refractivity contribution in [2.24, 2.45) is 11.8 Å². The first-order valence-electron chi connectivity index (χ1n) is 12.3. The molecule has 0 spiro atoms. The van der Waals surface area contributed by atoms with E-state index in [1.807, 2.05) is 18.2 Å². The second-order valence-electron chi connectivity index (χ2n) is 9.62. The van der Waals surface area contributed by atoms with E-state index in [9.17, 15) is 13.2 Å². The summed E-state index contributed by atoms with van der Waals surface area (Å²) in [7, 11) is 1.77. The first-order chi connectivity index (χ1) is 16.9. The zero-order valence-corrected chi connectivity index (χ0v) is 20.0. The predicted octanol–water partition coefficient (Wildman–Crippen LogP) is 7.89. The summed E-state index contributed by atoms with van der Waals surface area (Å²) in [4.78, 5) is 0. The Morgan fingerprint density at radius 2 is 1.54 bits per heavy atom. The van der Waals surface area contributed by atoms with Crippen LogP contribution in [0.25, 0.3) is 10.8 Å². The molecular formula is C29H32F4O2. The normalized spacial score (nSPS) is 18.3. The van der Waals surface area contributed by atoms with Crippen LogP contribution in [0, 0.1) is 23.5 Å². The van der Waals surface area contributed by atoms with Gasteiger partial charge in [-0.15, -0.1) is 0 Å². The molecule has 0 aliphatic heterocycles. The molecule has 2 nitrogen and oxygen atoms in total. The van der Waals surface area contributed by atoms with Crippen molar-refractivity contribution in [2.45, 2.75) is 58.0 Å². The molecule has 3 aromatic carbocycles. The van der Waals surface area contributed by atoms with Gasteiger partial charge in [-0.3, -0.25) is 0 Å². The maximum Gasteiger partial charge on any atom is 0.387 e. The van der Waals surface area contributed by atoms with Crippen LogP contribution in [0.3, 0.4) is 0 Å². The fourth-order valence-corrected chi connectivity index (χ4v) is 5.20. The molecular weight excluding hydrogens is 456 g/mol. The molecule has 1 aliphatic rings. The smallest absolute Gasteiger partial charge is 0.387 e. The van der Waals surface area contributed by atoms with Gasteiger partial charge in [0.15, 0.2) is 11.6 Å². The summed E-state index contributed by atoms with van der Waals surface area (Å²) in [5.74, 6) is -0.151. The Balaban J connectivity index is 1.35. The Morgan fingerprint density at radius 3 is 2.26 bits per heavy atom. The molecule has 0 amide bonds. The highest BCUT2D eigenvalue weighted by molar-refractivity contribution is 5.84. The highest BCUT2D eigenvalue weighted by Crippen LogP contribution is 2.32. The predicted molar refractivity (Wildman–Crippen MR) is 130 cm³/mol. The second-order valence-corrected chi connectivity index (χ2v) is 9.62. The quantitative estimate of drug-likeness (QED) is 0.270. The summed E-state index contributed by atoms with van der Waals surface area (Å²) >= 11 is 0. The van der Waals surface area contributed by atoms with Crippen LogP contribution in [0.5, 0.6) is 5.75 Å². The van der Waals surface area contributed by atoms with Gasteiger partial charge in [-0.1, -0.05) is 49.2 Å². The number of methoxy groups -OCH3 is 1. The lowest BCUT2D eigenvalue weighted by molar-refractivity contribution is -0.0522. The van der Waals surface area contributed by atoms with Crippen molar-refractivity contribution < 1.29 is 27.0 Å². The van der Waals surface area contributed by atoms with Gasteiger partial charge in [-0.25, -0.2) is 8.78 Å². The van der Waals surface area contributed by atoms with E-state index in [1.54, 1.807) is 13.2 Å². The Kier molecular flexibility index (Phi) is 8.66. The van der Waals surface area contributed by atoms with E-state index in [1.165, 1.54) is 43.4 Å². The molecule has 1 fully saturated rings. The van der Waals surface area contributed by atoms with Crippen molar-refractivity contribution in [3.8, 4) is 5.75 Å². The Hall–Kier alpha value is -2.60. The van der Waals surface area contributed by atoms with Crippen LogP contribution < -0.4 is 4.74 Å². The Bertz CT molecular complexity index is 1120. The molecule has 4 rings (SSSR count). The number of ether oxygens (including phenoxy) is 2. The zero-order chi connectivity index (χ0) is 24.8. The van der Waals surface area contributed by atoms with Gasteiger partial charge in [-0.2, -0.15) is 8.78 Å². The van der Waals surface area contributed by atoms with E-state index in [2.05, 4.69) is 10.8 Å². The lowest BCUT2D eigenvalue weighted by atomic mass is 9.80. The molecule has 0 aromatic heterocycles. The minimum atomic E-state index is -3.08. The lowest BCUT2D eigenvalue weighted by Gasteiger charge is -2.28. The summed E-state index contributed by atoms with van der Waals surface area (Å²) in [6.45, 7) is -2.21. The molecule has 6 heteroatoms. The average Bonchev–Trinajstić information content (AvgIpc) is 2.85. The van der Waals surface area contributed by atoms with Gasteiger partial charge in [-0.05, 0) is 84.6 Å². The monoisotopic (exact) mass is 488 g/mol. The van der Waals surface area contributed by atoms with Gasteiger partial charge in [0, 0.05) is 19.1 Å². The van der Waals surface area contributed by atoms with Gasteiger partial charge in [0.2, 0.25) is 0 Å². The van der Waals surface area contributed by atoms with E-state index in [0.717, 1.165) is 36.8 Å². The van der Waals surface area contributed by atoms with Gasteiger partial charge < -0.3 is 9.47 Å². The van der Waals surface area contributed by atoms with Crippen molar-refractivity contribution in [2.75, 3.05) is 13.7 Å². The number of fused-ring (bicyclic) bond motifs is 1. The highest BCUT2D eigenvalue weighted by Gasteiger charge is 2.21. The Labute approximate surface area is 204 Å². The summed E-state index contributed by atoms with van der Waals surface area (Å²) in [6.07, 6.45) is 7.91. The molecule has 0 N–H and O–H groups in total. The summed E-state index contributed by atoms with van der Waals surface area (Å²) in [6, 6.07) is 13.5. The van der Waals surface area contributed by atoms with E-state index in [4.69, 9.17) is 4.74 Å². The molecule has 1 aliphatic carbocycles. The number of benzene rings is 3. The van der Waals surface area contributed by atoms with Crippen LogP contribution >= 0.6 is 0 Å². The SMILES string of the molecule is COCC1CCC(CCc2ccc3c(F)c(CCc4ccc(OC(F)F)c(F)c4)ccc3c2)CC1. The van der Waals surface area contributed by atoms with Crippen LogP contribution in [0.1, 0.15) is 48.8 Å². The molecule has 0 radical (unpaired) electrons. The summed E-state index contributed by atoms with van der Waals surface area (Å²) in [5.41, 5.74) is 2.37. The zero-order valence-electron chi connectivity index (χ0n) is 20.0. The summed E-state index contributed by atoms with van der Waals surface area (Å²) in [5, 5.41) is 1.46. The number of rotatable bonds is 10. The minimum absolute atomic E-state index is 0.261. The van der Waals surface area contributed by atoms with Crippen LogP contribution in [0.2, 0.25) is 0 Å². The summed E-state index contributed by atoms with van der Waals surface area (Å²) < 4.78 is 63.2. The minimum Gasteiger partial charge on any atom is -0.432 e. The molecule has 188 valence electrons. The van der Waals surface area contributed by atoms with E-state index < -0.39 is 18.2 Å². The van der Waals surface area contributed by atoms with Gasteiger partial charge in [0.25, 0.3) is 0 Å². The molecule has 35 heavy (non-hydrogen) atoms. The fourth-order valence-electron chi connectivity index (χ4n) is 5.20. The average molecular weight is 489 g/mol.